The van der Waals surface area contributed by atoms with Gasteiger partial charge in [0.1, 0.15) is 0 Å². The van der Waals surface area contributed by atoms with Crippen LogP contribution in [0.3, 0.4) is 0 Å². The van der Waals surface area contributed by atoms with Gasteiger partial charge in [-0.25, -0.2) is 8.42 Å². The number of benzene rings is 2. The number of nitrogens with one attached hydrogen (secondary N) is 1. The third-order valence-electron chi connectivity index (χ3n) is 2.68. The molecule has 0 amide bonds. The number of sulfonamides is 1. The van der Waals surface area contributed by atoms with Crippen molar-refractivity contribution in [1.29, 1.82) is 0 Å². The lowest BCUT2D eigenvalue weighted by molar-refractivity contribution is 0.601. The summed E-state index contributed by atoms with van der Waals surface area (Å²) in [5.41, 5.74) is 0.898. The van der Waals surface area contributed by atoms with Crippen molar-refractivity contribution in [2.24, 2.45) is 0 Å². The highest BCUT2D eigenvalue weighted by Gasteiger charge is 2.19. The minimum absolute atomic E-state index is 0.100. The largest absolute Gasteiger partial charge is 0.277 e. The molecule has 2 aromatic carbocycles. The van der Waals surface area contributed by atoms with Crippen LogP contribution in [0.2, 0.25) is 15.1 Å². The van der Waals surface area contributed by atoms with E-state index in [0.717, 1.165) is 10.0 Å². The van der Waals surface area contributed by atoms with Gasteiger partial charge in [-0.15, -0.1) is 0 Å². The molecule has 0 spiro atoms. The lowest BCUT2D eigenvalue weighted by atomic mass is 10.2. The maximum absolute atomic E-state index is 12.4. The Hall–Kier alpha value is -0.460. The maximum atomic E-state index is 12.4. The first-order valence-electron chi connectivity index (χ1n) is 5.64. The van der Waals surface area contributed by atoms with E-state index in [1.165, 1.54) is 18.2 Å². The van der Waals surface area contributed by atoms with Crippen molar-refractivity contribution in [1.82, 2.24) is 0 Å². The van der Waals surface area contributed by atoms with Crippen LogP contribution in [-0.4, -0.2) is 8.42 Å². The van der Waals surface area contributed by atoms with Gasteiger partial charge in [0.15, 0.2) is 0 Å². The zero-order valence-electron chi connectivity index (χ0n) is 10.6. The first-order valence-corrected chi connectivity index (χ1v) is 9.05. The minimum Gasteiger partial charge on any atom is -0.277 e. The summed E-state index contributed by atoms with van der Waals surface area (Å²) in [6.45, 7) is 1.80. The SMILES string of the molecule is Cc1cc(S(=O)(=O)Nc2c(Cl)cc(Cl)cc2Cl)ccc1Br. The number of halogens is 4. The zero-order chi connectivity index (χ0) is 15.8. The van der Waals surface area contributed by atoms with E-state index in [2.05, 4.69) is 20.7 Å². The summed E-state index contributed by atoms with van der Waals surface area (Å²) in [5, 5.41) is 0.585. The third-order valence-corrected chi connectivity index (χ3v) is 5.73. The lowest BCUT2D eigenvalue weighted by Gasteiger charge is -2.12. The molecule has 2 rings (SSSR count). The van der Waals surface area contributed by atoms with Crippen LogP contribution in [0.5, 0.6) is 0 Å². The fourth-order valence-electron chi connectivity index (χ4n) is 1.62. The Balaban J connectivity index is 2.44. The Morgan fingerprint density at radius 2 is 1.62 bits per heavy atom. The molecule has 0 aromatic heterocycles. The fourth-order valence-corrected chi connectivity index (χ4v) is 4.07. The van der Waals surface area contributed by atoms with Gasteiger partial charge in [0, 0.05) is 9.50 Å². The number of aryl methyl sites for hydroxylation is 1. The molecule has 3 nitrogen and oxygen atoms in total. The molecule has 0 saturated heterocycles. The van der Waals surface area contributed by atoms with Crippen molar-refractivity contribution < 1.29 is 8.42 Å². The molecule has 0 unspecified atom stereocenters. The van der Waals surface area contributed by atoms with Gasteiger partial charge in [0.2, 0.25) is 0 Å². The predicted molar refractivity (Wildman–Crippen MR) is 91.2 cm³/mol. The molecule has 0 radical (unpaired) electrons. The molecule has 8 heteroatoms. The van der Waals surface area contributed by atoms with Gasteiger partial charge < -0.3 is 0 Å². The predicted octanol–water partition coefficient (Wildman–Crippen LogP) is 5.52. The first-order chi connectivity index (χ1) is 9.70. The summed E-state index contributed by atoms with van der Waals surface area (Å²) in [5.74, 6) is 0. The van der Waals surface area contributed by atoms with E-state index >= 15 is 0 Å². The van der Waals surface area contributed by atoms with Crippen molar-refractivity contribution >= 4 is 66.4 Å². The molecular formula is C13H9BrCl3NO2S. The van der Waals surface area contributed by atoms with Gasteiger partial charge in [-0.2, -0.15) is 0 Å². The van der Waals surface area contributed by atoms with Crippen LogP contribution in [0.1, 0.15) is 5.56 Å². The van der Waals surface area contributed by atoms with Crippen LogP contribution in [0.4, 0.5) is 5.69 Å². The first kappa shape index (κ1) is 16.9. The van der Waals surface area contributed by atoms with Crippen molar-refractivity contribution in [3.8, 4) is 0 Å². The van der Waals surface area contributed by atoms with Crippen LogP contribution in [0.25, 0.3) is 0 Å². The van der Waals surface area contributed by atoms with Crippen molar-refractivity contribution in [2.75, 3.05) is 4.72 Å². The lowest BCUT2D eigenvalue weighted by Crippen LogP contribution is -2.13. The summed E-state index contributed by atoms with van der Waals surface area (Å²) in [4.78, 5) is 0.116. The monoisotopic (exact) mass is 427 g/mol. The molecule has 0 aliphatic heterocycles. The van der Waals surface area contributed by atoms with E-state index in [0.29, 0.717) is 5.02 Å². The summed E-state index contributed by atoms with van der Waals surface area (Å²) < 4.78 is 28.0. The molecule has 1 N–H and O–H groups in total. The highest BCUT2D eigenvalue weighted by atomic mass is 79.9. The maximum Gasteiger partial charge on any atom is 0.261 e. The standard InChI is InChI=1S/C13H9BrCl3NO2S/c1-7-4-9(2-3-10(7)14)21(19,20)18-13-11(16)5-8(15)6-12(13)17/h2-6,18H,1H3. The second-order valence-corrected chi connectivity index (χ2v) is 8.05. The Morgan fingerprint density at radius 1 is 1.05 bits per heavy atom. The number of rotatable bonds is 3. The molecular weight excluding hydrogens is 420 g/mol. The van der Waals surface area contributed by atoms with Gasteiger partial charge in [0.05, 0.1) is 20.6 Å². The molecule has 21 heavy (non-hydrogen) atoms. The normalized spacial score (nSPS) is 11.5. The molecule has 112 valence electrons. The fraction of sp³-hybridized carbons (Fsp3) is 0.0769. The second kappa shape index (κ2) is 6.34. The number of hydrogen-bond donors (Lipinski definition) is 1. The van der Waals surface area contributed by atoms with E-state index in [1.807, 2.05) is 0 Å². The van der Waals surface area contributed by atoms with E-state index in [4.69, 9.17) is 34.8 Å². The van der Waals surface area contributed by atoms with E-state index in [9.17, 15) is 8.42 Å². The summed E-state index contributed by atoms with van der Waals surface area (Å²) >= 11 is 21.1. The van der Waals surface area contributed by atoms with Gasteiger partial charge in [-0.3, -0.25) is 4.72 Å². The Kier molecular flexibility index (Phi) is 5.11. The van der Waals surface area contributed by atoms with Crippen molar-refractivity contribution in [3.05, 3.63) is 55.4 Å². The summed E-state index contributed by atoms with van der Waals surface area (Å²) in [7, 11) is -3.79. The molecule has 0 aliphatic rings. The highest BCUT2D eigenvalue weighted by Crippen LogP contribution is 2.35. The van der Waals surface area contributed by atoms with Crippen LogP contribution < -0.4 is 4.72 Å². The Morgan fingerprint density at radius 3 is 2.14 bits per heavy atom. The average molecular weight is 430 g/mol. The quantitative estimate of drug-likeness (QED) is 0.698. The second-order valence-electron chi connectivity index (χ2n) is 4.26. The van der Waals surface area contributed by atoms with Crippen LogP contribution in [0, 0.1) is 6.92 Å². The molecule has 0 heterocycles. The van der Waals surface area contributed by atoms with E-state index in [1.54, 1.807) is 19.1 Å². The highest BCUT2D eigenvalue weighted by molar-refractivity contribution is 9.10. The molecule has 0 fully saturated rings. The number of anilines is 1. The Bertz CT molecular complexity index is 786. The van der Waals surface area contributed by atoms with Crippen LogP contribution in [0.15, 0.2) is 39.7 Å². The van der Waals surface area contributed by atoms with Crippen molar-refractivity contribution in [2.45, 2.75) is 11.8 Å². The van der Waals surface area contributed by atoms with Gasteiger partial charge in [0.25, 0.3) is 10.0 Å². The zero-order valence-corrected chi connectivity index (χ0v) is 15.3. The van der Waals surface area contributed by atoms with Crippen LogP contribution in [-0.2, 0) is 10.0 Å². The van der Waals surface area contributed by atoms with Gasteiger partial charge in [-0.05, 0) is 42.8 Å². The van der Waals surface area contributed by atoms with Gasteiger partial charge >= 0.3 is 0 Å². The van der Waals surface area contributed by atoms with Crippen molar-refractivity contribution in [3.63, 3.8) is 0 Å². The smallest absolute Gasteiger partial charge is 0.261 e. The average Bonchev–Trinajstić information content (AvgIpc) is 2.37. The molecule has 0 bridgehead atoms. The Labute approximate surface area is 146 Å². The topological polar surface area (TPSA) is 46.2 Å². The van der Waals surface area contributed by atoms with E-state index in [-0.39, 0.29) is 20.6 Å². The third kappa shape index (κ3) is 3.85. The molecule has 2 aromatic rings. The van der Waals surface area contributed by atoms with E-state index < -0.39 is 10.0 Å². The van der Waals surface area contributed by atoms with Gasteiger partial charge in [-0.1, -0.05) is 50.7 Å². The molecule has 0 aliphatic carbocycles. The number of hydrogen-bond acceptors (Lipinski definition) is 2. The molecule has 0 saturated carbocycles. The summed E-state index contributed by atoms with van der Waals surface area (Å²) in [6, 6.07) is 7.52. The van der Waals surface area contributed by atoms with Crippen LogP contribution >= 0.6 is 50.7 Å². The summed E-state index contributed by atoms with van der Waals surface area (Å²) in [6.07, 6.45) is 0. The minimum atomic E-state index is -3.79. The molecule has 0 atom stereocenters.